The molecule has 0 aliphatic carbocycles. The number of amides is 2. The molecule has 0 radical (unpaired) electrons. The maximum absolute atomic E-state index is 12.4. The van der Waals surface area contributed by atoms with E-state index in [-0.39, 0.29) is 23.8 Å². The van der Waals surface area contributed by atoms with Crippen LogP contribution in [-0.2, 0) is 4.79 Å². The molecule has 9 nitrogen and oxygen atoms in total. The number of nitro groups is 1. The SMILES string of the molecule is Cc1cc(C)c(NC(=O)CNC(=O)c2n[nH]c3ccc([N+](=O)[O-])cc23)c(C)c1. The smallest absolute Gasteiger partial charge is 0.272 e. The Bertz CT molecular complexity index is 1080. The van der Waals surface area contributed by atoms with Crippen LogP contribution in [-0.4, -0.2) is 33.5 Å². The summed E-state index contributed by atoms with van der Waals surface area (Å²) in [5, 5.41) is 23.1. The van der Waals surface area contributed by atoms with E-state index < -0.39 is 10.8 Å². The summed E-state index contributed by atoms with van der Waals surface area (Å²) in [4.78, 5) is 35.0. The number of anilines is 1. The number of hydrogen-bond donors (Lipinski definition) is 3. The summed E-state index contributed by atoms with van der Waals surface area (Å²) in [5.41, 5.74) is 4.02. The molecule has 3 rings (SSSR count). The van der Waals surface area contributed by atoms with Gasteiger partial charge in [-0.2, -0.15) is 5.10 Å². The van der Waals surface area contributed by atoms with E-state index in [1.165, 1.54) is 18.2 Å². The van der Waals surface area contributed by atoms with Crippen molar-refractivity contribution in [2.75, 3.05) is 11.9 Å². The molecule has 0 spiro atoms. The van der Waals surface area contributed by atoms with Crippen LogP contribution in [0.3, 0.4) is 0 Å². The topological polar surface area (TPSA) is 130 Å². The fourth-order valence-electron chi connectivity index (χ4n) is 3.09. The summed E-state index contributed by atoms with van der Waals surface area (Å²) >= 11 is 0. The molecule has 9 heteroatoms. The zero-order valence-corrected chi connectivity index (χ0v) is 15.6. The maximum Gasteiger partial charge on any atom is 0.272 e. The highest BCUT2D eigenvalue weighted by atomic mass is 16.6. The molecule has 2 aromatic carbocycles. The number of nitrogens with zero attached hydrogens (tertiary/aromatic N) is 2. The molecule has 0 saturated heterocycles. The molecule has 2 amide bonds. The van der Waals surface area contributed by atoms with Crippen LogP contribution in [0.4, 0.5) is 11.4 Å². The lowest BCUT2D eigenvalue weighted by Gasteiger charge is -2.13. The highest BCUT2D eigenvalue weighted by molar-refractivity contribution is 6.06. The number of benzene rings is 2. The first-order chi connectivity index (χ1) is 13.3. The second kappa shape index (κ2) is 7.47. The van der Waals surface area contributed by atoms with E-state index in [9.17, 15) is 19.7 Å². The van der Waals surface area contributed by atoms with Crippen molar-refractivity contribution in [2.45, 2.75) is 20.8 Å². The Kier molecular flexibility index (Phi) is 5.08. The van der Waals surface area contributed by atoms with Gasteiger partial charge in [0, 0.05) is 23.2 Å². The van der Waals surface area contributed by atoms with Gasteiger partial charge in [0.1, 0.15) is 0 Å². The van der Waals surface area contributed by atoms with Gasteiger partial charge in [0.15, 0.2) is 5.69 Å². The van der Waals surface area contributed by atoms with E-state index in [2.05, 4.69) is 20.8 Å². The van der Waals surface area contributed by atoms with Gasteiger partial charge in [-0.05, 0) is 38.0 Å². The monoisotopic (exact) mass is 381 g/mol. The number of fused-ring (bicyclic) bond motifs is 1. The average Bonchev–Trinajstić information content (AvgIpc) is 3.05. The quantitative estimate of drug-likeness (QED) is 0.462. The van der Waals surface area contributed by atoms with Crippen molar-refractivity contribution >= 4 is 34.1 Å². The molecule has 0 fully saturated rings. The van der Waals surface area contributed by atoms with Crippen LogP contribution in [0.25, 0.3) is 10.9 Å². The minimum absolute atomic E-state index is 0.00537. The van der Waals surface area contributed by atoms with Gasteiger partial charge >= 0.3 is 0 Å². The zero-order chi connectivity index (χ0) is 20.4. The number of carbonyl (C=O) groups excluding carboxylic acids is 2. The molecule has 3 N–H and O–H groups in total. The molecule has 1 heterocycles. The minimum atomic E-state index is -0.598. The van der Waals surface area contributed by atoms with Crippen LogP contribution in [0.2, 0.25) is 0 Å². The zero-order valence-electron chi connectivity index (χ0n) is 15.6. The molecule has 0 bridgehead atoms. The van der Waals surface area contributed by atoms with Gasteiger partial charge in [-0.3, -0.25) is 24.8 Å². The fraction of sp³-hybridized carbons (Fsp3) is 0.211. The predicted octanol–water partition coefficient (Wildman–Crippen LogP) is 2.76. The number of hydrogen-bond acceptors (Lipinski definition) is 5. The van der Waals surface area contributed by atoms with E-state index in [4.69, 9.17) is 0 Å². The number of carbonyl (C=O) groups is 2. The van der Waals surface area contributed by atoms with Gasteiger partial charge in [-0.1, -0.05) is 17.7 Å². The summed E-state index contributed by atoms with van der Waals surface area (Å²) in [7, 11) is 0. The third-order valence-electron chi connectivity index (χ3n) is 4.32. The van der Waals surface area contributed by atoms with E-state index in [0.29, 0.717) is 16.6 Å². The first-order valence-electron chi connectivity index (χ1n) is 8.54. The van der Waals surface area contributed by atoms with Crippen LogP contribution in [0, 0.1) is 30.9 Å². The third kappa shape index (κ3) is 3.83. The summed E-state index contributed by atoms with van der Waals surface area (Å²) in [6.45, 7) is 5.52. The number of rotatable bonds is 5. The molecule has 1 aromatic heterocycles. The number of non-ortho nitro benzene ring substituents is 1. The van der Waals surface area contributed by atoms with Crippen LogP contribution in [0.5, 0.6) is 0 Å². The highest BCUT2D eigenvalue weighted by Gasteiger charge is 2.18. The number of H-pyrrole nitrogens is 1. The lowest BCUT2D eigenvalue weighted by molar-refractivity contribution is -0.384. The molecule has 28 heavy (non-hydrogen) atoms. The van der Waals surface area contributed by atoms with Gasteiger partial charge in [-0.25, -0.2) is 0 Å². The van der Waals surface area contributed by atoms with Crippen molar-refractivity contribution < 1.29 is 14.5 Å². The van der Waals surface area contributed by atoms with Crippen molar-refractivity contribution in [1.29, 1.82) is 0 Å². The first kappa shape index (κ1) is 19.0. The Morgan fingerprint density at radius 1 is 1.14 bits per heavy atom. The second-order valence-corrected chi connectivity index (χ2v) is 6.56. The number of aryl methyl sites for hydroxylation is 3. The number of aromatic amines is 1. The van der Waals surface area contributed by atoms with Gasteiger partial charge in [0.2, 0.25) is 5.91 Å². The van der Waals surface area contributed by atoms with Crippen molar-refractivity contribution in [3.63, 3.8) is 0 Å². The predicted molar refractivity (Wildman–Crippen MR) is 104 cm³/mol. The maximum atomic E-state index is 12.4. The van der Waals surface area contributed by atoms with Crippen molar-refractivity contribution in [3.8, 4) is 0 Å². The average molecular weight is 381 g/mol. The van der Waals surface area contributed by atoms with Crippen LogP contribution < -0.4 is 10.6 Å². The van der Waals surface area contributed by atoms with Gasteiger partial charge in [0.25, 0.3) is 11.6 Å². The summed E-state index contributed by atoms with van der Waals surface area (Å²) in [6, 6.07) is 8.00. The van der Waals surface area contributed by atoms with Crippen molar-refractivity contribution in [1.82, 2.24) is 15.5 Å². The minimum Gasteiger partial charge on any atom is -0.342 e. The Morgan fingerprint density at radius 3 is 2.46 bits per heavy atom. The molecule has 0 saturated carbocycles. The Hall–Kier alpha value is -3.75. The normalized spacial score (nSPS) is 10.7. The van der Waals surface area contributed by atoms with Crippen LogP contribution in [0.1, 0.15) is 27.2 Å². The van der Waals surface area contributed by atoms with E-state index in [0.717, 1.165) is 16.7 Å². The number of aromatic nitrogens is 2. The molecular weight excluding hydrogens is 362 g/mol. The molecule has 0 unspecified atom stereocenters. The number of nitrogens with one attached hydrogen (secondary N) is 3. The van der Waals surface area contributed by atoms with Crippen LogP contribution in [0.15, 0.2) is 30.3 Å². The highest BCUT2D eigenvalue weighted by Crippen LogP contribution is 2.23. The van der Waals surface area contributed by atoms with Gasteiger partial charge in [0.05, 0.1) is 17.0 Å². The van der Waals surface area contributed by atoms with E-state index in [1.54, 1.807) is 0 Å². The van der Waals surface area contributed by atoms with E-state index in [1.807, 2.05) is 32.9 Å². The third-order valence-corrected chi connectivity index (χ3v) is 4.32. The molecule has 0 aliphatic heterocycles. The van der Waals surface area contributed by atoms with E-state index >= 15 is 0 Å². The van der Waals surface area contributed by atoms with Gasteiger partial charge in [-0.15, -0.1) is 0 Å². The Balaban J connectivity index is 1.70. The summed E-state index contributed by atoms with van der Waals surface area (Å²) in [6.07, 6.45) is 0. The Labute approximate surface area is 160 Å². The second-order valence-electron chi connectivity index (χ2n) is 6.56. The largest absolute Gasteiger partial charge is 0.342 e. The fourth-order valence-corrected chi connectivity index (χ4v) is 3.09. The molecule has 0 aliphatic rings. The summed E-state index contributed by atoms with van der Waals surface area (Å²) < 4.78 is 0. The Morgan fingerprint density at radius 2 is 1.82 bits per heavy atom. The van der Waals surface area contributed by atoms with Crippen molar-refractivity contribution in [2.24, 2.45) is 0 Å². The molecule has 3 aromatic rings. The lowest BCUT2D eigenvalue weighted by atomic mass is 10.1. The van der Waals surface area contributed by atoms with Crippen LogP contribution >= 0.6 is 0 Å². The summed E-state index contributed by atoms with van der Waals surface area (Å²) in [5.74, 6) is -0.978. The van der Waals surface area contributed by atoms with Crippen molar-refractivity contribution in [3.05, 3.63) is 62.8 Å². The van der Waals surface area contributed by atoms with Gasteiger partial charge < -0.3 is 10.6 Å². The lowest BCUT2D eigenvalue weighted by Crippen LogP contribution is -2.33. The molecule has 144 valence electrons. The molecule has 0 atom stereocenters. The first-order valence-corrected chi connectivity index (χ1v) is 8.54. The standard InChI is InChI=1S/C19H19N5O4/c1-10-6-11(2)17(12(3)7-10)21-16(25)9-20-19(26)18-14-8-13(24(27)28)4-5-15(14)22-23-18/h4-8H,9H2,1-3H3,(H,20,26)(H,21,25)(H,22,23). The number of nitro benzene ring substituents is 1. The molecular formula is C19H19N5O4.